The Morgan fingerprint density at radius 2 is 1.78 bits per heavy atom. The number of halogens is 1. The van der Waals surface area contributed by atoms with E-state index < -0.39 is 5.97 Å². The molecular formula is C26H19ClN2O3. The first kappa shape index (κ1) is 20.1. The number of aromatic nitrogens is 2. The van der Waals surface area contributed by atoms with Gasteiger partial charge in [0.1, 0.15) is 12.4 Å². The van der Waals surface area contributed by atoms with Gasteiger partial charge in [-0.05, 0) is 35.9 Å². The van der Waals surface area contributed by atoms with Crippen LogP contribution < -0.4 is 4.74 Å². The lowest BCUT2D eigenvalue weighted by molar-refractivity contribution is 0.0603. The van der Waals surface area contributed by atoms with Crippen LogP contribution in [0.15, 0.2) is 78.9 Å². The molecule has 0 aliphatic carbocycles. The van der Waals surface area contributed by atoms with Crippen LogP contribution >= 0.6 is 11.6 Å². The molecule has 0 spiro atoms. The predicted molar refractivity (Wildman–Crippen MR) is 126 cm³/mol. The maximum Gasteiger partial charge on any atom is 0.340 e. The molecule has 0 amide bonds. The summed E-state index contributed by atoms with van der Waals surface area (Å²) in [5.41, 5.74) is 5.19. The Bertz CT molecular complexity index is 1430. The molecule has 1 N–H and O–H groups in total. The number of nitrogens with one attached hydrogen (secondary N) is 1. The third-order valence-electron chi connectivity index (χ3n) is 5.32. The maximum atomic E-state index is 12.6. The van der Waals surface area contributed by atoms with E-state index in [0.29, 0.717) is 33.9 Å². The van der Waals surface area contributed by atoms with Crippen molar-refractivity contribution in [3.63, 3.8) is 0 Å². The van der Waals surface area contributed by atoms with Crippen LogP contribution in [0.2, 0.25) is 5.02 Å². The monoisotopic (exact) mass is 442 g/mol. The second-order valence-electron chi connectivity index (χ2n) is 7.38. The second kappa shape index (κ2) is 8.36. The molecular weight excluding hydrogens is 424 g/mol. The minimum Gasteiger partial charge on any atom is -0.489 e. The summed E-state index contributed by atoms with van der Waals surface area (Å²) in [4.78, 5) is 20.7. The first-order chi connectivity index (χ1) is 15.6. The van der Waals surface area contributed by atoms with Crippen molar-refractivity contribution < 1.29 is 14.3 Å². The van der Waals surface area contributed by atoms with E-state index in [4.69, 9.17) is 26.1 Å². The molecule has 3 aromatic carbocycles. The summed E-state index contributed by atoms with van der Waals surface area (Å²) in [5, 5.41) is 1.53. The van der Waals surface area contributed by atoms with E-state index in [9.17, 15) is 4.79 Å². The predicted octanol–water partition coefficient (Wildman–Crippen LogP) is 6.40. The number of methoxy groups -OCH3 is 1. The zero-order valence-corrected chi connectivity index (χ0v) is 18.0. The van der Waals surface area contributed by atoms with Crippen LogP contribution in [0.25, 0.3) is 33.2 Å². The third-order valence-corrected chi connectivity index (χ3v) is 5.57. The molecule has 0 unspecified atom stereocenters. The highest BCUT2D eigenvalue weighted by molar-refractivity contribution is 6.30. The van der Waals surface area contributed by atoms with Crippen LogP contribution in [-0.2, 0) is 11.3 Å². The number of aromatic amines is 1. The summed E-state index contributed by atoms with van der Waals surface area (Å²) in [6.45, 7) is 0.471. The molecule has 0 radical (unpaired) electrons. The highest BCUT2D eigenvalue weighted by Gasteiger charge is 2.18. The highest BCUT2D eigenvalue weighted by Crippen LogP contribution is 2.32. The van der Waals surface area contributed by atoms with Crippen molar-refractivity contribution >= 4 is 39.5 Å². The first-order valence-corrected chi connectivity index (χ1v) is 10.5. The molecule has 0 saturated carbocycles. The van der Waals surface area contributed by atoms with Crippen molar-refractivity contribution in [1.82, 2.24) is 9.97 Å². The SMILES string of the molecule is COC(=O)c1cc(-c2ccc(Cl)cc2)nc2c1[nH]c1cc(OCc3ccccc3)ccc12. The van der Waals surface area contributed by atoms with Gasteiger partial charge >= 0.3 is 5.97 Å². The Hall–Kier alpha value is -3.83. The number of carbonyl (C=O) groups excluding carboxylic acids is 1. The van der Waals surface area contributed by atoms with Gasteiger partial charge in [0.05, 0.1) is 34.9 Å². The second-order valence-corrected chi connectivity index (χ2v) is 7.82. The van der Waals surface area contributed by atoms with Crippen molar-refractivity contribution in [3.05, 3.63) is 95.0 Å². The van der Waals surface area contributed by atoms with E-state index in [1.165, 1.54) is 7.11 Å². The number of H-pyrrole nitrogens is 1. The minimum absolute atomic E-state index is 0.422. The molecule has 0 atom stereocenters. The Kier molecular flexibility index (Phi) is 5.25. The van der Waals surface area contributed by atoms with Gasteiger partial charge in [-0.2, -0.15) is 0 Å². The van der Waals surface area contributed by atoms with Crippen molar-refractivity contribution in [2.45, 2.75) is 6.61 Å². The fourth-order valence-electron chi connectivity index (χ4n) is 3.70. The van der Waals surface area contributed by atoms with Gasteiger partial charge in [-0.15, -0.1) is 0 Å². The summed E-state index contributed by atoms with van der Waals surface area (Å²) in [6, 6.07) is 24.9. The van der Waals surface area contributed by atoms with E-state index in [1.807, 2.05) is 60.7 Å². The van der Waals surface area contributed by atoms with E-state index in [1.54, 1.807) is 18.2 Å². The van der Waals surface area contributed by atoms with Crippen molar-refractivity contribution in [2.24, 2.45) is 0 Å². The molecule has 0 aliphatic heterocycles. The summed E-state index contributed by atoms with van der Waals surface area (Å²) in [7, 11) is 1.37. The molecule has 32 heavy (non-hydrogen) atoms. The summed E-state index contributed by atoms with van der Waals surface area (Å²) < 4.78 is 11.0. The van der Waals surface area contributed by atoms with Gasteiger partial charge in [-0.25, -0.2) is 9.78 Å². The van der Waals surface area contributed by atoms with E-state index in [0.717, 1.165) is 27.8 Å². The summed E-state index contributed by atoms with van der Waals surface area (Å²) in [6.07, 6.45) is 0. The fourth-order valence-corrected chi connectivity index (χ4v) is 3.83. The van der Waals surface area contributed by atoms with E-state index in [-0.39, 0.29) is 0 Å². The Balaban J connectivity index is 1.60. The number of fused-ring (bicyclic) bond motifs is 3. The molecule has 0 saturated heterocycles. The zero-order valence-electron chi connectivity index (χ0n) is 17.3. The van der Waals surface area contributed by atoms with Crippen LogP contribution in [-0.4, -0.2) is 23.0 Å². The van der Waals surface area contributed by atoms with Crippen molar-refractivity contribution in [3.8, 4) is 17.0 Å². The molecule has 0 aliphatic rings. The number of carbonyl (C=O) groups is 1. The number of benzene rings is 3. The van der Waals surface area contributed by atoms with Crippen LogP contribution in [0.1, 0.15) is 15.9 Å². The average molecular weight is 443 g/mol. The molecule has 5 aromatic rings. The number of ether oxygens (including phenoxy) is 2. The van der Waals surface area contributed by atoms with Crippen LogP contribution in [0.3, 0.4) is 0 Å². The fraction of sp³-hybridized carbons (Fsp3) is 0.0769. The number of nitrogens with zero attached hydrogens (tertiary/aromatic N) is 1. The average Bonchev–Trinajstić information content (AvgIpc) is 3.20. The number of hydrogen-bond donors (Lipinski definition) is 1. The molecule has 0 fully saturated rings. The molecule has 2 heterocycles. The minimum atomic E-state index is -0.431. The zero-order chi connectivity index (χ0) is 22.1. The van der Waals surface area contributed by atoms with Gasteiger partial charge < -0.3 is 14.5 Å². The van der Waals surface area contributed by atoms with Gasteiger partial charge in [0.15, 0.2) is 0 Å². The highest BCUT2D eigenvalue weighted by atomic mass is 35.5. The van der Waals surface area contributed by atoms with Gasteiger partial charge in [-0.3, -0.25) is 0 Å². The Morgan fingerprint density at radius 3 is 2.53 bits per heavy atom. The number of pyridine rings is 1. The lowest BCUT2D eigenvalue weighted by Crippen LogP contribution is -2.03. The van der Waals surface area contributed by atoms with Crippen LogP contribution in [0.4, 0.5) is 0 Å². The molecule has 0 bridgehead atoms. The molecule has 6 heteroatoms. The molecule has 158 valence electrons. The maximum absolute atomic E-state index is 12.6. The standard InChI is InChI=1S/C26H19ClN2O3/c1-31-26(30)21-14-22(17-7-9-18(27)10-8-17)28-24-20-12-11-19(13-23(20)29-25(21)24)32-15-16-5-3-2-4-6-16/h2-14,29H,15H2,1H3. The largest absolute Gasteiger partial charge is 0.489 e. The van der Waals surface area contributed by atoms with E-state index >= 15 is 0 Å². The molecule has 2 aromatic heterocycles. The van der Waals surface area contributed by atoms with Crippen LogP contribution in [0, 0.1) is 0 Å². The quantitative estimate of drug-likeness (QED) is 0.320. The Morgan fingerprint density at radius 1 is 1.00 bits per heavy atom. The van der Waals surface area contributed by atoms with Gasteiger partial charge in [0, 0.05) is 22.0 Å². The first-order valence-electron chi connectivity index (χ1n) is 10.1. The third kappa shape index (κ3) is 3.79. The Labute approximate surface area is 189 Å². The molecule has 5 nitrogen and oxygen atoms in total. The van der Waals surface area contributed by atoms with Crippen LogP contribution in [0.5, 0.6) is 5.75 Å². The topological polar surface area (TPSA) is 64.2 Å². The van der Waals surface area contributed by atoms with E-state index in [2.05, 4.69) is 4.98 Å². The van der Waals surface area contributed by atoms with Gasteiger partial charge in [0.2, 0.25) is 0 Å². The van der Waals surface area contributed by atoms with Crippen molar-refractivity contribution in [1.29, 1.82) is 0 Å². The lowest BCUT2D eigenvalue weighted by Gasteiger charge is -2.07. The summed E-state index contributed by atoms with van der Waals surface area (Å²) in [5.74, 6) is 0.296. The van der Waals surface area contributed by atoms with Crippen molar-refractivity contribution in [2.75, 3.05) is 7.11 Å². The van der Waals surface area contributed by atoms with Gasteiger partial charge in [-0.1, -0.05) is 54.1 Å². The van der Waals surface area contributed by atoms with Gasteiger partial charge in [0.25, 0.3) is 0 Å². The number of hydrogen-bond acceptors (Lipinski definition) is 4. The summed E-state index contributed by atoms with van der Waals surface area (Å²) >= 11 is 6.03. The smallest absolute Gasteiger partial charge is 0.340 e. The lowest BCUT2D eigenvalue weighted by atomic mass is 10.1. The number of esters is 1. The normalized spacial score (nSPS) is 11.1. The molecule has 5 rings (SSSR count). The number of rotatable bonds is 5.